The van der Waals surface area contributed by atoms with E-state index in [9.17, 15) is 14.4 Å². The number of hydrogen-bond acceptors (Lipinski definition) is 6. The molecular formula is C18H14N4O4S. The molecule has 1 aliphatic rings. The predicted octanol–water partition coefficient (Wildman–Crippen LogP) is 2.84. The van der Waals surface area contributed by atoms with Crippen molar-refractivity contribution >= 4 is 55.8 Å². The number of nitrogens with zero attached hydrogens (tertiary/aromatic N) is 1. The third-order valence-electron chi connectivity index (χ3n) is 3.81. The second-order valence-corrected chi connectivity index (χ2v) is 6.92. The summed E-state index contributed by atoms with van der Waals surface area (Å²) in [5.74, 6) is -0.256. The molecular weight excluding hydrogens is 368 g/mol. The van der Waals surface area contributed by atoms with Gasteiger partial charge in [-0.25, -0.2) is 4.98 Å². The molecule has 0 fully saturated rings. The van der Waals surface area contributed by atoms with Gasteiger partial charge in [-0.1, -0.05) is 11.3 Å². The summed E-state index contributed by atoms with van der Waals surface area (Å²) in [6.07, 6.45) is 0. The van der Waals surface area contributed by atoms with Crippen LogP contribution in [0.15, 0.2) is 36.4 Å². The lowest BCUT2D eigenvalue weighted by Crippen LogP contribution is -2.25. The van der Waals surface area contributed by atoms with Gasteiger partial charge in [0.05, 0.1) is 15.9 Å². The van der Waals surface area contributed by atoms with Crippen LogP contribution in [0.2, 0.25) is 0 Å². The zero-order valence-electron chi connectivity index (χ0n) is 14.2. The molecule has 0 radical (unpaired) electrons. The Bertz CT molecular complexity index is 1090. The molecule has 27 heavy (non-hydrogen) atoms. The van der Waals surface area contributed by atoms with Crippen LogP contribution in [0.4, 0.5) is 16.5 Å². The average molecular weight is 382 g/mol. The van der Waals surface area contributed by atoms with Crippen LogP contribution in [-0.2, 0) is 9.59 Å². The van der Waals surface area contributed by atoms with Crippen LogP contribution in [0.25, 0.3) is 10.2 Å². The minimum absolute atomic E-state index is 0.0727. The van der Waals surface area contributed by atoms with Gasteiger partial charge in [-0.05, 0) is 36.4 Å². The van der Waals surface area contributed by atoms with Gasteiger partial charge in [0.15, 0.2) is 11.7 Å². The molecule has 8 nitrogen and oxygen atoms in total. The monoisotopic (exact) mass is 382 g/mol. The van der Waals surface area contributed by atoms with Crippen LogP contribution < -0.4 is 20.7 Å². The van der Waals surface area contributed by atoms with E-state index in [-0.39, 0.29) is 24.3 Å². The summed E-state index contributed by atoms with van der Waals surface area (Å²) in [7, 11) is 0. The van der Waals surface area contributed by atoms with Crippen molar-refractivity contribution in [3.8, 4) is 5.75 Å². The van der Waals surface area contributed by atoms with Crippen molar-refractivity contribution in [1.29, 1.82) is 0 Å². The van der Waals surface area contributed by atoms with Crippen LogP contribution in [0.5, 0.6) is 5.75 Å². The van der Waals surface area contributed by atoms with Crippen LogP contribution in [0, 0.1) is 0 Å². The van der Waals surface area contributed by atoms with Crippen molar-refractivity contribution in [2.24, 2.45) is 0 Å². The van der Waals surface area contributed by atoms with E-state index >= 15 is 0 Å². The number of fused-ring (bicyclic) bond motifs is 2. The highest BCUT2D eigenvalue weighted by atomic mass is 32.1. The Morgan fingerprint density at radius 2 is 2.04 bits per heavy atom. The van der Waals surface area contributed by atoms with Crippen LogP contribution in [0.1, 0.15) is 17.3 Å². The van der Waals surface area contributed by atoms with Gasteiger partial charge in [0.2, 0.25) is 5.91 Å². The van der Waals surface area contributed by atoms with E-state index in [0.717, 1.165) is 10.2 Å². The lowest BCUT2D eigenvalue weighted by Gasteiger charge is -2.18. The maximum Gasteiger partial charge on any atom is 0.262 e. The smallest absolute Gasteiger partial charge is 0.262 e. The standard InChI is InChI=1S/C18H14N4O4S/c1-9(23)19-18-22-13-5-3-11(7-15(13)27-18)20-17(25)10-2-4-12-14(6-10)26-8-16(24)21-12/h2-7H,8H2,1H3,(H,20,25)(H,21,24)(H,19,22,23). The fraction of sp³-hybridized carbons (Fsp3) is 0.111. The fourth-order valence-corrected chi connectivity index (χ4v) is 3.58. The minimum Gasteiger partial charge on any atom is -0.482 e. The molecule has 2 heterocycles. The van der Waals surface area contributed by atoms with Gasteiger partial charge in [0, 0.05) is 18.2 Å². The summed E-state index contributed by atoms with van der Waals surface area (Å²) in [5, 5.41) is 8.66. The maximum absolute atomic E-state index is 12.5. The number of nitrogens with one attached hydrogen (secondary N) is 3. The lowest BCUT2D eigenvalue weighted by atomic mass is 10.1. The highest BCUT2D eigenvalue weighted by molar-refractivity contribution is 7.22. The van der Waals surface area contributed by atoms with Crippen LogP contribution >= 0.6 is 11.3 Å². The summed E-state index contributed by atoms with van der Waals surface area (Å²) in [6, 6.07) is 10.1. The first-order chi connectivity index (χ1) is 13.0. The molecule has 3 N–H and O–H groups in total. The molecule has 1 aromatic heterocycles. The van der Waals surface area contributed by atoms with E-state index in [4.69, 9.17) is 4.74 Å². The number of aromatic nitrogens is 1. The number of hydrogen-bond donors (Lipinski definition) is 3. The number of ether oxygens (including phenoxy) is 1. The molecule has 3 amide bonds. The first-order valence-corrected chi connectivity index (χ1v) is 8.86. The molecule has 0 saturated carbocycles. The first kappa shape index (κ1) is 17.0. The molecule has 0 atom stereocenters. The zero-order chi connectivity index (χ0) is 19.0. The zero-order valence-corrected chi connectivity index (χ0v) is 15.0. The largest absolute Gasteiger partial charge is 0.482 e. The second-order valence-electron chi connectivity index (χ2n) is 5.88. The average Bonchev–Trinajstić information content (AvgIpc) is 3.01. The normalized spacial score (nSPS) is 12.7. The van der Waals surface area contributed by atoms with Crippen molar-refractivity contribution < 1.29 is 19.1 Å². The number of rotatable bonds is 3. The fourth-order valence-electron chi connectivity index (χ4n) is 2.63. The van der Waals surface area contributed by atoms with Crippen molar-refractivity contribution in [3.05, 3.63) is 42.0 Å². The summed E-state index contributed by atoms with van der Waals surface area (Å²) in [5.41, 5.74) is 2.30. The van der Waals surface area contributed by atoms with E-state index in [0.29, 0.717) is 27.8 Å². The molecule has 9 heteroatoms. The van der Waals surface area contributed by atoms with Gasteiger partial charge < -0.3 is 20.7 Å². The molecule has 4 rings (SSSR count). The Morgan fingerprint density at radius 1 is 1.19 bits per heavy atom. The van der Waals surface area contributed by atoms with Gasteiger partial charge in [-0.15, -0.1) is 0 Å². The second kappa shape index (κ2) is 6.69. The molecule has 0 unspecified atom stereocenters. The molecule has 0 bridgehead atoms. The number of thiazole rings is 1. The van der Waals surface area contributed by atoms with Crippen molar-refractivity contribution in [1.82, 2.24) is 4.98 Å². The predicted molar refractivity (Wildman–Crippen MR) is 102 cm³/mol. The van der Waals surface area contributed by atoms with Crippen LogP contribution in [-0.4, -0.2) is 29.3 Å². The molecule has 0 saturated heterocycles. The lowest BCUT2D eigenvalue weighted by molar-refractivity contribution is -0.118. The van der Waals surface area contributed by atoms with E-state index in [1.807, 2.05) is 0 Å². The van der Waals surface area contributed by atoms with E-state index in [2.05, 4.69) is 20.9 Å². The van der Waals surface area contributed by atoms with Gasteiger partial charge >= 0.3 is 0 Å². The molecule has 0 spiro atoms. The van der Waals surface area contributed by atoms with Gasteiger partial charge in [-0.2, -0.15) is 0 Å². The van der Waals surface area contributed by atoms with E-state index < -0.39 is 0 Å². The summed E-state index contributed by atoms with van der Waals surface area (Å²) in [6.45, 7) is 1.35. The topological polar surface area (TPSA) is 109 Å². The third-order valence-corrected chi connectivity index (χ3v) is 4.74. The Kier molecular flexibility index (Phi) is 4.21. The van der Waals surface area contributed by atoms with E-state index in [1.165, 1.54) is 18.3 Å². The number of carbonyl (C=O) groups is 3. The Balaban J connectivity index is 1.54. The number of carbonyl (C=O) groups excluding carboxylic acids is 3. The minimum atomic E-state index is -0.302. The van der Waals surface area contributed by atoms with Gasteiger partial charge in [0.1, 0.15) is 5.75 Å². The maximum atomic E-state index is 12.5. The van der Waals surface area contributed by atoms with Crippen molar-refractivity contribution in [2.45, 2.75) is 6.92 Å². The molecule has 136 valence electrons. The van der Waals surface area contributed by atoms with Crippen LogP contribution in [0.3, 0.4) is 0 Å². The quantitative estimate of drug-likeness (QED) is 0.645. The van der Waals surface area contributed by atoms with Crippen molar-refractivity contribution in [3.63, 3.8) is 0 Å². The van der Waals surface area contributed by atoms with E-state index in [1.54, 1.807) is 36.4 Å². The molecule has 1 aliphatic heterocycles. The highest BCUT2D eigenvalue weighted by Gasteiger charge is 2.18. The highest BCUT2D eigenvalue weighted by Crippen LogP contribution is 2.30. The SMILES string of the molecule is CC(=O)Nc1nc2ccc(NC(=O)c3ccc4c(c3)OCC(=O)N4)cc2s1. The summed E-state index contributed by atoms with van der Waals surface area (Å²) >= 11 is 1.33. The molecule has 3 aromatic rings. The number of amides is 3. The molecule has 0 aliphatic carbocycles. The number of anilines is 3. The summed E-state index contributed by atoms with van der Waals surface area (Å²) < 4.78 is 6.18. The Morgan fingerprint density at radius 3 is 2.85 bits per heavy atom. The Hall–Kier alpha value is -3.46. The molecule has 2 aromatic carbocycles. The summed E-state index contributed by atoms with van der Waals surface area (Å²) in [4.78, 5) is 39.3. The Labute approximate surface area is 157 Å². The third kappa shape index (κ3) is 3.58. The first-order valence-electron chi connectivity index (χ1n) is 8.04. The van der Waals surface area contributed by atoms with Crippen molar-refractivity contribution in [2.75, 3.05) is 22.6 Å². The van der Waals surface area contributed by atoms with Gasteiger partial charge in [-0.3, -0.25) is 14.4 Å². The number of benzene rings is 2. The van der Waals surface area contributed by atoms with Gasteiger partial charge in [0.25, 0.3) is 11.8 Å².